The van der Waals surface area contributed by atoms with Gasteiger partial charge in [-0.15, -0.1) is 6.42 Å². The smallest absolute Gasteiger partial charge is 0.282 e. The van der Waals surface area contributed by atoms with Gasteiger partial charge in [-0.1, -0.05) is 42.6 Å². The quantitative estimate of drug-likeness (QED) is 0.243. The molecule has 0 amide bonds. The molecule has 178 valence electrons. The van der Waals surface area contributed by atoms with Gasteiger partial charge in [0.1, 0.15) is 18.2 Å². The summed E-state index contributed by atoms with van der Waals surface area (Å²) in [7, 11) is 0. The molecule has 2 heterocycles. The van der Waals surface area contributed by atoms with Gasteiger partial charge in [-0.05, 0) is 62.4 Å². The summed E-state index contributed by atoms with van der Waals surface area (Å²) in [5.74, 6) is 3.79. The maximum absolute atomic E-state index is 13.4. The van der Waals surface area contributed by atoms with Gasteiger partial charge in [0.05, 0.1) is 17.1 Å². The molecule has 7 heteroatoms. The highest BCUT2D eigenvalue weighted by Crippen LogP contribution is 2.24. The fourth-order valence-electron chi connectivity index (χ4n) is 3.99. The van der Waals surface area contributed by atoms with Crippen LogP contribution in [0.3, 0.4) is 0 Å². The molecule has 0 N–H and O–H groups in total. The van der Waals surface area contributed by atoms with Gasteiger partial charge >= 0.3 is 0 Å². The van der Waals surface area contributed by atoms with Crippen molar-refractivity contribution in [3.63, 3.8) is 0 Å². The van der Waals surface area contributed by atoms with Crippen molar-refractivity contribution in [3.05, 3.63) is 86.1 Å². The minimum atomic E-state index is -0.377. The molecule has 0 bridgehead atoms. The number of fused-ring (bicyclic) bond motifs is 1. The van der Waals surface area contributed by atoms with Crippen LogP contribution in [0.1, 0.15) is 43.5 Å². The third kappa shape index (κ3) is 4.94. The maximum atomic E-state index is 13.4. The van der Waals surface area contributed by atoms with E-state index in [2.05, 4.69) is 37.6 Å². The van der Waals surface area contributed by atoms with Crippen molar-refractivity contribution in [2.75, 3.05) is 6.61 Å². The average molecular weight is 531 g/mol. The zero-order valence-electron chi connectivity index (χ0n) is 20.5. The number of nitrogens with zero attached hydrogens (tertiary/aromatic N) is 4. The minimum Gasteiger partial charge on any atom is -0.481 e. The van der Waals surface area contributed by atoms with Crippen LogP contribution in [-0.4, -0.2) is 27.0 Å². The molecule has 0 spiro atoms. The standard InChI is InChI=1S/C28H27BrN4O2/c1-7-14-35-23-11-9-22(10-12-23)32-18(2)15-20(19(32)3)17-30-33-26(34)24-16-21(29)8-13-25(24)31-27(33)28(4,5)6/h1,8-13,15-17H,14H2,2-6H3. The monoisotopic (exact) mass is 530 g/mol. The largest absolute Gasteiger partial charge is 0.481 e. The number of terminal acetylenes is 1. The Balaban J connectivity index is 1.77. The third-order valence-electron chi connectivity index (χ3n) is 5.68. The normalized spacial score (nSPS) is 11.8. The summed E-state index contributed by atoms with van der Waals surface area (Å²) in [6, 6.07) is 15.3. The zero-order chi connectivity index (χ0) is 25.3. The van der Waals surface area contributed by atoms with Gasteiger partial charge in [0.25, 0.3) is 5.56 Å². The number of halogens is 1. The number of hydrogen-bond acceptors (Lipinski definition) is 4. The number of rotatable bonds is 5. The van der Waals surface area contributed by atoms with Crippen molar-refractivity contribution >= 4 is 33.0 Å². The predicted molar refractivity (Wildman–Crippen MR) is 145 cm³/mol. The SMILES string of the molecule is C#CCOc1ccc(-n2c(C)cc(C=Nn3c(C(C)(C)C)nc4ccc(Br)cc4c3=O)c2C)cc1. The Kier molecular flexibility index (Phi) is 6.68. The highest BCUT2D eigenvalue weighted by atomic mass is 79.9. The summed E-state index contributed by atoms with van der Waals surface area (Å²) in [5.41, 5.74) is 4.04. The molecule has 0 atom stereocenters. The Bertz CT molecular complexity index is 1530. The Morgan fingerprint density at radius 1 is 1.14 bits per heavy atom. The van der Waals surface area contributed by atoms with Crippen LogP contribution >= 0.6 is 15.9 Å². The molecule has 4 rings (SSSR count). The van der Waals surface area contributed by atoms with Gasteiger partial charge < -0.3 is 9.30 Å². The first-order valence-corrected chi connectivity index (χ1v) is 12.0. The third-order valence-corrected chi connectivity index (χ3v) is 6.17. The molecule has 0 saturated heterocycles. The van der Waals surface area contributed by atoms with E-state index in [1.165, 1.54) is 4.68 Å². The van der Waals surface area contributed by atoms with E-state index < -0.39 is 0 Å². The van der Waals surface area contributed by atoms with E-state index in [0.717, 1.165) is 32.9 Å². The van der Waals surface area contributed by atoms with E-state index in [1.807, 2.05) is 71.0 Å². The molecule has 0 unspecified atom stereocenters. The van der Waals surface area contributed by atoms with Crippen molar-refractivity contribution in [2.45, 2.75) is 40.0 Å². The summed E-state index contributed by atoms with van der Waals surface area (Å²) in [4.78, 5) is 18.2. The van der Waals surface area contributed by atoms with Crippen LogP contribution in [0, 0.1) is 26.2 Å². The highest BCUT2D eigenvalue weighted by molar-refractivity contribution is 9.10. The number of aromatic nitrogens is 3. The molecular weight excluding hydrogens is 504 g/mol. The Morgan fingerprint density at radius 3 is 2.51 bits per heavy atom. The average Bonchev–Trinajstić information content (AvgIpc) is 3.10. The molecule has 0 aliphatic rings. The Labute approximate surface area is 213 Å². The van der Waals surface area contributed by atoms with Gasteiger partial charge in [0, 0.05) is 32.5 Å². The van der Waals surface area contributed by atoms with Gasteiger partial charge in [0.15, 0.2) is 0 Å². The van der Waals surface area contributed by atoms with Crippen LogP contribution in [0.15, 0.2) is 62.9 Å². The number of benzene rings is 2. The molecule has 0 aliphatic carbocycles. The van der Waals surface area contributed by atoms with Crippen LogP contribution < -0.4 is 10.3 Å². The first-order valence-electron chi connectivity index (χ1n) is 11.2. The summed E-state index contributed by atoms with van der Waals surface area (Å²) in [6.07, 6.45) is 7.00. The highest BCUT2D eigenvalue weighted by Gasteiger charge is 2.23. The molecule has 4 aromatic rings. The van der Waals surface area contributed by atoms with Crippen molar-refractivity contribution < 1.29 is 4.74 Å². The lowest BCUT2D eigenvalue weighted by molar-refractivity contribution is 0.370. The molecular formula is C28H27BrN4O2. The zero-order valence-corrected chi connectivity index (χ0v) is 22.0. The second-order valence-electron chi connectivity index (χ2n) is 9.36. The van der Waals surface area contributed by atoms with Gasteiger partial charge in [-0.3, -0.25) is 4.79 Å². The van der Waals surface area contributed by atoms with Gasteiger partial charge in [-0.2, -0.15) is 9.78 Å². The number of hydrogen-bond donors (Lipinski definition) is 0. The van der Waals surface area contributed by atoms with Crippen molar-refractivity contribution in [2.24, 2.45) is 5.10 Å². The topological polar surface area (TPSA) is 61.4 Å². The molecule has 2 aromatic heterocycles. The second-order valence-corrected chi connectivity index (χ2v) is 10.3. The van der Waals surface area contributed by atoms with Crippen LogP contribution in [0.2, 0.25) is 0 Å². The fraction of sp³-hybridized carbons (Fsp3) is 0.250. The van der Waals surface area contributed by atoms with Crippen LogP contribution in [0.5, 0.6) is 5.75 Å². The number of aryl methyl sites for hydroxylation is 1. The summed E-state index contributed by atoms with van der Waals surface area (Å²) in [6.45, 7) is 10.4. The molecule has 0 fully saturated rings. The predicted octanol–water partition coefficient (Wildman–Crippen LogP) is 5.76. The lowest BCUT2D eigenvalue weighted by Gasteiger charge is -2.20. The lowest BCUT2D eigenvalue weighted by atomic mass is 9.95. The fourth-order valence-corrected chi connectivity index (χ4v) is 4.35. The summed E-state index contributed by atoms with van der Waals surface area (Å²) >= 11 is 3.45. The van der Waals surface area contributed by atoms with E-state index in [4.69, 9.17) is 16.1 Å². The van der Waals surface area contributed by atoms with E-state index >= 15 is 0 Å². The van der Waals surface area contributed by atoms with Gasteiger partial charge in [0.2, 0.25) is 0 Å². The lowest BCUT2D eigenvalue weighted by Crippen LogP contribution is -2.29. The Morgan fingerprint density at radius 2 is 1.86 bits per heavy atom. The van der Waals surface area contributed by atoms with Crippen molar-refractivity contribution in [1.82, 2.24) is 14.2 Å². The van der Waals surface area contributed by atoms with Crippen molar-refractivity contribution in [3.8, 4) is 23.8 Å². The Hall–Kier alpha value is -3.63. The molecule has 0 radical (unpaired) electrons. The van der Waals surface area contributed by atoms with Crippen LogP contribution in [0.25, 0.3) is 16.6 Å². The minimum absolute atomic E-state index is 0.200. The van der Waals surface area contributed by atoms with Crippen LogP contribution in [0.4, 0.5) is 0 Å². The van der Waals surface area contributed by atoms with E-state index in [1.54, 1.807) is 12.3 Å². The first kappa shape index (κ1) is 24.5. The number of ether oxygens (including phenoxy) is 1. The van der Waals surface area contributed by atoms with E-state index in [9.17, 15) is 4.79 Å². The first-order chi connectivity index (χ1) is 16.6. The van der Waals surface area contributed by atoms with Crippen molar-refractivity contribution in [1.29, 1.82) is 0 Å². The molecule has 0 saturated carbocycles. The molecule has 2 aromatic carbocycles. The second kappa shape index (κ2) is 9.55. The van der Waals surface area contributed by atoms with E-state index in [-0.39, 0.29) is 17.6 Å². The maximum Gasteiger partial charge on any atom is 0.282 e. The van der Waals surface area contributed by atoms with E-state index in [0.29, 0.717) is 16.7 Å². The summed E-state index contributed by atoms with van der Waals surface area (Å²) < 4.78 is 9.85. The molecule has 0 aliphatic heterocycles. The molecule has 35 heavy (non-hydrogen) atoms. The summed E-state index contributed by atoms with van der Waals surface area (Å²) in [5, 5.41) is 5.14. The van der Waals surface area contributed by atoms with Crippen LogP contribution in [-0.2, 0) is 5.41 Å². The van der Waals surface area contributed by atoms with Gasteiger partial charge in [-0.25, -0.2) is 4.98 Å². The molecule has 6 nitrogen and oxygen atoms in total.